The lowest BCUT2D eigenvalue weighted by molar-refractivity contribution is -0.119. The Morgan fingerprint density at radius 3 is 2.83 bits per heavy atom. The van der Waals surface area contributed by atoms with Gasteiger partial charge in [0.2, 0.25) is 5.91 Å². The van der Waals surface area contributed by atoms with Crippen LogP contribution in [-0.4, -0.2) is 25.8 Å². The van der Waals surface area contributed by atoms with Gasteiger partial charge >= 0.3 is 0 Å². The largest absolute Gasteiger partial charge is 0.326 e. The summed E-state index contributed by atoms with van der Waals surface area (Å²) in [5, 5.41) is 2.55. The highest BCUT2D eigenvalue weighted by Gasteiger charge is 2.29. The molecule has 1 unspecified atom stereocenters. The van der Waals surface area contributed by atoms with Crippen molar-refractivity contribution in [1.29, 1.82) is 0 Å². The molecule has 0 aromatic heterocycles. The predicted molar refractivity (Wildman–Crippen MR) is 66.4 cm³/mol. The normalized spacial score (nSPS) is 22.4. The number of hydrogen-bond acceptors (Lipinski definition) is 3. The zero-order chi connectivity index (χ0) is 13.2. The van der Waals surface area contributed by atoms with E-state index in [2.05, 4.69) is 5.32 Å². The molecule has 18 heavy (non-hydrogen) atoms. The van der Waals surface area contributed by atoms with Gasteiger partial charge < -0.3 is 5.32 Å². The summed E-state index contributed by atoms with van der Waals surface area (Å²) < 4.78 is 35.8. The molecule has 1 amide bonds. The zero-order valence-electron chi connectivity index (χ0n) is 9.73. The molecule has 1 aromatic rings. The molecule has 6 heteroatoms. The molecule has 1 aromatic carbocycles. The Bertz CT molecular complexity index is 556. The number of rotatable bonds is 2. The Kier molecular flexibility index (Phi) is 3.65. The van der Waals surface area contributed by atoms with Gasteiger partial charge in [-0.05, 0) is 31.0 Å². The Hall–Kier alpha value is -1.43. The van der Waals surface area contributed by atoms with Gasteiger partial charge in [0.05, 0.1) is 17.4 Å². The van der Waals surface area contributed by atoms with Crippen molar-refractivity contribution in [2.75, 3.05) is 16.8 Å². The van der Waals surface area contributed by atoms with Crippen LogP contribution in [0.3, 0.4) is 0 Å². The molecule has 1 aliphatic heterocycles. The van der Waals surface area contributed by atoms with Crippen molar-refractivity contribution >= 4 is 21.4 Å². The van der Waals surface area contributed by atoms with Gasteiger partial charge in [0.1, 0.15) is 5.82 Å². The summed E-state index contributed by atoms with van der Waals surface area (Å²) in [5.41, 5.74) is 0.350. The summed E-state index contributed by atoms with van der Waals surface area (Å²) in [6.45, 7) is 0. The average Bonchev–Trinajstić information content (AvgIpc) is 2.27. The molecule has 98 valence electrons. The molecule has 0 spiro atoms. The van der Waals surface area contributed by atoms with E-state index in [1.807, 2.05) is 0 Å². The quantitative estimate of drug-likeness (QED) is 0.888. The van der Waals surface area contributed by atoms with Gasteiger partial charge in [0, 0.05) is 5.69 Å². The standard InChI is InChI=1S/C12H14FNO3S/c13-10-4-1-5-11(7-10)14-12(15)9-3-2-6-18(16,17)8-9/h1,4-5,7,9H,2-3,6,8H2,(H,14,15). The van der Waals surface area contributed by atoms with E-state index in [1.165, 1.54) is 18.2 Å². The lowest BCUT2D eigenvalue weighted by atomic mass is 10.0. The molecule has 1 N–H and O–H groups in total. The second kappa shape index (κ2) is 5.06. The molecule has 2 rings (SSSR count). The Morgan fingerprint density at radius 1 is 1.39 bits per heavy atom. The van der Waals surface area contributed by atoms with E-state index in [4.69, 9.17) is 0 Å². The van der Waals surface area contributed by atoms with Crippen LogP contribution in [0.4, 0.5) is 10.1 Å². The molecule has 1 fully saturated rings. The highest BCUT2D eigenvalue weighted by atomic mass is 32.2. The first-order chi connectivity index (χ1) is 8.46. The van der Waals surface area contributed by atoms with Crippen LogP contribution in [0, 0.1) is 11.7 Å². The van der Waals surface area contributed by atoms with E-state index in [0.717, 1.165) is 0 Å². The van der Waals surface area contributed by atoms with Crippen molar-refractivity contribution in [2.24, 2.45) is 5.92 Å². The van der Waals surface area contributed by atoms with Gasteiger partial charge in [-0.3, -0.25) is 4.79 Å². The smallest absolute Gasteiger partial charge is 0.228 e. The minimum absolute atomic E-state index is 0.117. The van der Waals surface area contributed by atoms with Gasteiger partial charge in [-0.25, -0.2) is 12.8 Å². The number of carbonyl (C=O) groups is 1. The maximum absolute atomic E-state index is 12.9. The monoisotopic (exact) mass is 271 g/mol. The van der Waals surface area contributed by atoms with Crippen LogP contribution in [-0.2, 0) is 14.6 Å². The SMILES string of the molecule is O=C(Nc1cccc(F)c1)C1CCCS(=O)(=O)C1. The van der Waals surface area contributed by atoms with Crippen LogP contribution >= 0.6 is 0 Å². The van der Waals surface area contributed by atoms with Crippen molar-refractivity contribution in [3.8, 4) is 0 Å². The zero-order valence-corrected chi connectivity index (χ0v) is 10.5. The van der Waals surface area contributed by atoms with Gasteiger partial charge in [0.15, 0.2) is 9.84 Å². The third-order valence-corrected chi connectivity index (χ3v) is 4.75. The molecule has 0 aliphatic carbocycles. The molecule has 0 bridgehead atoms. The maximum atomic E-state index is 12.9. The van der Waals surface area contributed by atoms with E-state index < -0.39 is 21.6 Å². The van der Waals surface area contributed by atoms with Crippen molar-refractivity contribution in [2.45, 2.75) is 12.8 Å². The predicted octanol–water partition coefficient (Wildman–Crippen LogP) is 1.59. The molecule has 0 radical (unpaired) electrons. The number of sulfone groups is 1. The first kappa shape index (κ1) is 13.0. The van der Waals surface area contributed by atoms with Crippen LogP contribution in [0.15, 0.2) is 24.3 Å². The van der Waals surface area contributed by atoms with Crippen molar-refractivity contribution in [3.63, 3.8) is 0 Å². The highest BCUT2D eigenvalue weighted by Crippen LogP contribution is 2.20. The minimum Gasteiger partial charge on any atom is -0.326 e. The van der Waals surface area contributed by atoms with E-state index in [9.17, 15) is 17.6 Å². The average molecular weight is 271 g/mol. The van der Waals surface area contributed by atoms with Gasteiger partial charge in [-0.15, -0.1) is 0 Å². The lowest BCUT2D eigenvalue weighted by Crippen LogP contribution is -2.34. The Balaban J connectivity index is 2.04. The van der Waals surface area contributed by atoms with Gasteiger partial charge in [-0.1, -0.05) is 6.07 Å². The summed E-state index contributed by atoms with van der Waals surface area (Å²) >= 11 is 0. The Morgan fingerprint density at radius 2 is 2.17 bits per heavy atom. The fraction of sp³-hybridized carbons (Fsp3) is 0.417. The van der Waals surface area contributed by atoms with E-state index in [1.54, 1.807) is 6.07 Å². The van der Waals surface area contributed by atoms with Crippen molar-refractivity contribution < 1.29 is 17.6 Å². The molecule has 1 aliphatic rings. The van der Waals surface area contributed by atoms with Crippen LogP contribution in [0.2, 0.25) is 0 Å². The van der Waals surface area contributed by atoms with E-state index in [-0.39, 0.29) is 17.4 Å². The molecular weight excluding hydrogens is 257 g/mol. The van der Waals surface area contributed by atoms with Crippen molar-refractivity contribution in [1.82, 2.24) is 0 Å². The minimum atomic E-state index is -3.11. The van der Waals surface area contributed by atoms with E-state index >= 15 is 0 Å². The van der Waals surface area contributed by atoms with E-state index in [0.29, 0.717) is 18.5 Å². The maximum Gasteiger partial charge on any atom is 0.228 e. The van der Waals surface area contributed by atoms with Gasteiger partial charge in [0.25, 0.3) is 0 Å². The molecule has 1 atom stereocenters. The topological polar surface area (TPSA) is 63.2 Å². The third kappa shape index (κ3) is 3.29. The molecule has 0 saturated carbocycles. The Labute approximate surface area is 105 Å². The number of carbonyl (C=O) groups excluding carboxylic acids is 1. The lowest BCUT2D eigenvalue weighted by Gasteiger charge is -2.21. The van der Waals surface area contributed by atoms with Crippen LogP contribution in [0.5, 0.6) is 0 Å². The second-order valence-corrected chi connectivity index (χ2v) is 6.68. The number of amides is 1. The summed E-state index contributed by atoms with van der Waals surface area (Å²) in [4.78, 5) is 11.9. The number of hydrogen-bond donors (Lipinski definition) is 1. The number of nitrogens with one attached hydrogen (secondary N) is 1. The summed E-state index contributed by atoms with van der Waals surface area (Å²) in [7, 11) is -3.11. The van der Waals surface area contributed by atoms with Crippen LogP contribution in [0.25, 0.3) is 0 Å². The highest BCUT2D eigenvalue weighted by molar-refractivity contribution is 7.91. The number of anilines is 1. The second-order valence-electron chi connectivity index (χ2n) is 4.45. The van der Waals surface area contributed by atoms with Gasteiger partial charge in [-0.2, -0.15) is 0 Å². The van der Waals surface area contributed by atoms with Crippen LogP contribution in [0.1, 0.15) is 12.8 Å². The van der Waals surface area contributed by atoms with Crippen molar-refractivity contribution in [3.05, 3.63) is 30.1 Å². The molecule has 1 saturated heterocycles. The number of benzene rings is 1. The first-order valence-electron chi connectivity index (χ1n) is 5.73. The molecule has 1 heterocycles. The summed E-state index contributed by atoms with van der Waals surface area (Å²) in [5.74, 6) is -1.30. The summed E-state index contributed by atoms with van der Waals surface area (Å²) in [6.07, 6.45) is 1.06. The molecule has 4 nitrogen and oxygen atoms in total. The summed E-state index contributed by atoms with van der Waals surface area (Å²) in [6, 6.07) is 5.54. The fourth-order valence-corrected chi connectivity index (χ4v) is 3.74. The van der Waals surface area contributed by atoms with Crippen LogP contribution < -0.4 is 5.32 Å². The third-order valence-electron chi connectivity index (χ3n) is 2.93. The number of halogens is 1. The fourth-order valence-electron chi connectivity index (χ4n) is 2.04. The first-order valence-corrected chi connectivity index (χ1v) is 7.55. The molecular formula is C12H14FNO3S.